The summed E-state index contributed by atoms with van der Waals surface area (Å²) in [5.74, 6) is 1.87. The zero-order valence-electron chi connectivity index (χ0n) is 31.4. The van der Waals surface area contributed by atoms with Gasteiger partial charge in [0.25, 0.3) is 0 Å². The first-order valence-corrected chi connectivity index (χ1v) is 20.4. The number of ether oxygens (including phenoxy) is 12. The van der Waals surface area contributed by atoms with Crippen LogP contribution in [-0.4, -0.2) is 156 Å². The Morgan fingerprint density at radius 1 is 0.373 bits per heavy atom. The van der Waals surface area contributed by atoms with E-state index >= 15 is 0 Å². The van der Waals surface area contributed by atoms with Crippen LogP contribution in [0.25, 0.3) is 0 Å². The number of epoxide rings is 3. The standard InChI is InChI=1S/C39H68O12/c1-2-39(27-46-18-12-40-9-15-43-24-30-3-6-33-36(21-30)49-33,28-47-19-13-41-10-16-44-25-31-4-7-34-37(22-31)50-34)29-48-20-14-42-11-17-45-26-32-5-8-35-38(23-32)51-35/h30-38H,2-29H2,1H3. The molecule has 51 heavy (non-hydrogen) atoms. The maximum Gasteiger partial charge on any atom is 0.0845 e. The largest absolute Gasteiger partial charge is 0.379 e. The summed E-state index contributed by atoms with van der Waals surface area (Å²) in [6, 6.07) is 0. The molecule has 0 aromatic carbocycles. The summed E-state index contributed by atoms with van der Waals surface area (Å²) in [6.07, 6.45) is 14.6. The molecule has 6 aliphatic rings. The van der Waals surface area contributed by atoms with E-state index in [1.54, 1.807) is 0 Å². The predicted octanol–water partition coefficient (Wildman–Crippen LogP) is 4.23. The maximum absolute atomic E-state index is 6.12. The van der Waals surface area contributed by atoms with Crippen LogP contribution in [0.15, 0.2) is 0 Å². The molecule has 0 amide bonds. The molecule has 3 saturated carbocycles. The summed E-state index contributed by atoms with van der Waals surface area (Å²) in [5.41, 5.74) is -0.270. The van der Waals surface area contributed by atoms with E-state index in [0.717, 1.165) is 45.5 Å². The van der Waals surface area contributed by atoms with Gasteiger partial charge in [0, 0.05) is 25.2 Å². The van der Waals surface area contributed by atoms with E-state index in [0.29, 0.717) is 153 Å². The fraction of sp³-hybridized carbons (Fsp3) is 1.00. The smallest absolute Gasteiger partial charge is 0.0845 e. The fourth-order valence-corrected chi connectivity index (χ4v) is 7.97. The van der Waals surface area contributed by atoms with Crippen LogP contribution >= 0.6 is 0 Å². The van der Waals surface area contributed by atoms with Gasteiger partial charge in [-0.3, -0.25) is 0 Å². The number of hydrogen-bond donors (Lipinski definition) is 0. The molecule has 6 fully saturated rings. The average molecular weight is 729 g/mol. The van der Waals surface area contributed by atoms with E-state index in [1.165, 1.54) is 38.5 Å². The lowest BCUT2D eigenvalue weighted by Crippen LogP contribution is -2.38. The van der Waals surface area contributed by atoms with E-state index in [4.69, 9.17) is 56.8 Å². The quantitative estimate of drug-likeness (QED) is 0.0751. The van der Waals surface area contributed by atoms with Gasteiger partial charge in [0.05, 0.1) is 136 Å². The van der Waals surface area contributed by atoms with Gasteiger partial charge in [0.1, 0.15) is 0 Å². The van der Waals surface area contributed by atoms with Gasteiger partial charge in [-0.05, 0) is 82.0 Å². The molecule has 3 aliphatic heterocycles. The van der Waals surface area contributed by atoms with Gasteiger partial charge in [-0.25, -0.2) is 0 Å². The summed E-state index contributed by atoms with van der Waals surface area (Å²) < 4.78 is 70.2. The van der Waals surface area contributed by atoms with Crippen LogP contribution in [0.3, 0.4) is 0 Å². The third-order valence-corrected chi connectivity index (χ3v) is 11.6. The van der Waals surface area contributed by atoms with Crippen molar-refractivity contribution in [2.24, 2.45) is 23.2 Å². The van der Waals surface area contributed by atoms with Crippen molar-refractivity contribution in [1.82, 2.24) is 0 Å². The van der Waals surface area contributed by atoms with E-state index < -0.39 is 0 Å². The third kappa shape index (κ3) is 14.9. The van der Waals surface area contributed by atoms with E-state index in [2.05, 4.69) is 6.92 Å². The molecule has 3 saturated heterocycles. The normalized spacial score (nSPS) is 33.2. The Balaban J connectivity index is 0.782. The molecule has 0 N–H and O–H groups in total. The van der Waals surface area contributed by atoms with Crippen LogP contribution < -0.4 is 0 Å². The van der Waals surface area contributed by atoms with Crippen molar-refractivity contribution < 1.29 is 56.8 Å². The van der Waals surface area contributed by atoms with Crippen molar-refractivity contribution in [3.05, 3.63) is 0 Å². The Morgan fingerprint density at radius 3 is 0.961 bits per heavy atom. The molecule has 12 heteroatoms. The second-order valence-corrected chi connectivity index (χ2v) is 15.7. The highest BCUT2D eigenvalue weighted by Crippen LogP contribution is 2.41. The minimum absolute atomic E-state index is 0.270. The molecule has 3 aliphatic carbocycles. The van der Waals surface area contributed by atoms with Crippen molar-refractivity contribution in [3.63, 3.8) is 0 Å². The van der Waals surface area contributed by atoms with Crippen molar-refractivity contribution in [3.8, 4) is 0 Å². The van der Waals surface area contributed by atoms with Crippen LogP contribution in [0.4, 0.5) is 0 Å². The second kappa shape index (κ2) is 22.2. The van der Waals surface area contributed by atoms with Crippen LogP contribution in [-0.2, 0) is 56.8 Å². The highest BCUT2D eigenvalue weighted by molar-refractivity contribution is 4.93. The first-order chi connectivity index (χ1) is 25.2. The summed E-state index contributed by atoms with van der Waals surface area (Å²) in [7, 11) is 0. The lowest BCUT2D eigenvalue weighted by Gasteiger charge is -2.32. The molecule has 0 bridgehead atoms. The van der Waals surface area contributed by atoms with Gasteiger partial charge in [-0.15, -0.1) is 0 Å². The minimum atomic E-state index is -0.270. The Labute approximate surface area is 306 Å². The highest BCUT2D eigenvalue weighted by Gasteiger charge is 2.45. The predicted molar refractivity (Wildman–Crippen MR) is 188 cm³/mol. The number of fused-ring (bicyclic) bond motifs is 3. The van der Waals surface area contributed by atoms with Gasteiger partial charge < -0.3 is 56.8 Å². The molecule has 0 spiro atoms. The van der Waals surface area contributed by atoms with E-state index in [1.807, 2.05) is 0 Å². The Hall–Kier alpha value is -0.480. The van der Waals surface area contributed by atoms with Crippen molar-refractivity contribution in [2.75, 3.05) is 119 Å². The van der Waals surface area contributed by atoms with Crippen LogP contribution in [0.2, 0.25) is 0 Å². The van der Waals surface area contributed by atoms with Crippen molar-refractivity contribution >= 4 is 0 Å². The fourth-order valence-electron chi connectivity index (χ4n) is 7.97. The number of hydrogen-bond acceptors (Lipinski definition) is 12. The van der Waals surface area contributed by atoms with Crippen LogP contribution in [0.5, 0.6) is 0 Å². The molecule has 0 aromatic heterocycles. The number of rotatable bonds is 31. The van der Waals surface area contributed by atoms with Crippen LogP contribution in [0.1, 0.15) is 71.1 Å². The molecule has 12 nitrogen and oxygen atoms in total. The van der Waals surface area contributed by atoms with Crippen molar-refractivity contribution in [2.45, 2.75) is 108 Å². The van der Waals surface area contributed by atoms with Gasteiger partial charge in [-0.2, -0.15) is 0 Å². The summed E-state index contributed by atoms with van der Waals surface area (Å²) in [6.45, 7) is 12.9. The topological polar surface area (TPSA) is 121 Å². The first kappa shape index (κ1) is 40.2. The first-order valence-electron chi connectivity index (χ1n) is 20.4. The SMILES string of the molecule is CCC(COCCOCCOCC1CCC2OC2C1)(COCCOCCOCC1CCC2OC2C1)COCCOCCOCC1CCC2OC2C1. The zero-order valence-corrected chi connectivity index (χ0v) is 31.4. The maximum atomic E-state index is 6.12. The molecule has 3 heterocycles. The molecule has 9 unspecified atom stereocenters. The van der Waals surface area contributed by atoms with Gasteiger partial charge >= 0.3 is 0 Å². The average Bonchev–Trinajstić information content (AvgIpc) is 4.04. The monoisotopic (exact) mass is 728 g/mol. The Bertz CT molecular complexity index is 830. The lowest BCUT2D eigenvalue weighted by atomic mass is 9.88. The van der Waals surface area contributed by atoms with Gasteiger partial charge in [0.15, 0.2) is 0 Å². The summed E-state index contributed by atoms with van der Waals surface area (Å²) in [5, 5.41) is 0. The third-order valence-electron chi connectivity index (χ3n) is 11.6. The second-order valence-electron chi connectivity index (χ2n) is 15.7. The molecule has 6 rings (SSSR count). The molecule has 0 aromatic rings. The van der Waals surface area contributed by atoms with Gasteiger partial charge in [0.2, 0.25) is 0 Å². The molecule has 296 valence electrons. The van der Waals surface area contributed by atoms with Crippen molar-refractivity contribution in [1.29, 1.82) is 0 Å². The molecular formula is C39H68O12. The Morgan fingerprint density at radius 2 is 0.667 bits per heavy atom. The zero-order chi connectivity index (χ0) is 35.0. The van der Waals surface area contributed by atoms with E-state index in [9.17, 15) is 0 Å². The van der Waals surface area contributed by atoms with E-state index in [-0.39, 0.29) is 5.41 Å². The molecule has 0 radical (unpaired) electrons. The minimum Gasteiger partial charge on any atom is -0.379 e. The molecular weight excluding hydrogens is 660 g/mol. The van der Waals surface area contributed by atoms with Gasteiger partial charge in [-0.1, -0.05) is 6.92 Å². The Kier molecular flexibility index (Phi) is 17.5. The lowest BCUT2D eigenvalue weighted by molar-refractivity contribution is -0.0922. The van der Waals surface area contributed by atoms with Crippen LogP contribution in [0, 0.1) is 23.2 Å². The molecule has 9 atom stereocenters. The summed E-state index contributed by atoms with van der Waals surface area (Å²) in [4.78, 5) is 0. The summed E-state index contributed by atoms with van der Waals surface area (Å²) >= 11 is 0. The highest BCUT2D eigenvalue weighted by atomic mass is 16.6.